The lowest BCUT2D eigenvalue weighted by Gasteiger charge is -2.09. The van der Waals surface area contributed by atoms with Gasteiger partial charge in [0.2, 0.25) is 0 Å². The van der Waals surface area contributed by atoms with Gasteiger partial charge in [-0.3, -0.25) is 4.79 Å². The van der Waals surface area contributed by atoms with Crippen LogP contribution in [0.2, 0.25) is 0 Å². The summed E-state index contributed by atoms with van der Waals surface area (Å²) in [7, 11) is 1.56. The van der Waals surface area contributed by atoms with Crippen molar-refractivity contribution in [2.45, 2.75) is 6.92 Å². The average Bonchev–Trinajstić information content (AvgIpc) is 2.38. The first-order valence-corrected chi connectivity index (χ1v) is 5.72. The predicted molar refractivity (Wildman–Crippen MR) is 73.2 cm³/mol. The summed E-state index contributed by atoms with van der Waals surface area (Å²) in [4.78, 5) is 14.4. The Bertz CT molecular complexity index is 505. The number of carbonyl (C=O) groups is 1. The Morgan fingerprint density at radius 3 is 2.89 bits per heavy atom. The van der Waals surface area contributed by atoms with Gasteiger partial charge < -0.3 is 9.47 Å². The van der Waals surface area contributed by atoms with E-state index in [1.54, 1.807) is 25.3 Å². The standard InChI is InChI=1S/C13H13NO3S/c1-3-17-11-6-4-10(8-12(11)16-2)5-7-13(15)14-9-18/h4-8H,3H2,1-2H3/b7-5+. The summed E-state index contributed by atoms with van der Waals surface area (Å²) in [6.07, 6.45) is 2.94. The van der Waals surface area contributed by atoms with Crippen LogP contribution in [-0.2, 0) is 4.79 Å². The van der Waals surface area contributed by atoms with Crippen LogP contribution in [-0.4, -0.2) is 24.8 Å². The molecular weight excluding hydrogens is 250 g/mol. The molecule has 5 heteroatoms. The van der Waals surface area contributed by atoms with E-state index >= 15 is 0 Å². The third-order valence-corrected chi connectivity index (χ3v) is 2.15. The van der Waals surface area contributed by atoms with E-state index in [2.05, 4.69) is 17.2 Å². The van der Waals surface area contributed by atoms with E-state index < -0.39 is 5.91 Å². The van der Waals surface area contributed by atoms with Crippen molar-refractivity contribution in [3.63, 3.8) is 0 Å². The van der Waals surface area contributed by atoms with Gasteiger partial charge in [-0.15, -0.1) is 0 Å². The van der Waals surface area contributed by atoms with Crippen molar-refractivity contribution in [1.82, 2.24) is 0 Å². The van der Waals surface area contributed by atoms with Gasteiger partial charge in [-0.25, -0.2) is 0 Å². The summed E-state index contributed by atoms with van der Waals surface area (Å²) in [5.74, 6) is 0.836. The number of aliphatic imine (C=N–C) groups is 1. The molecule has 0 atom stereocenters. The van der Waals surface area contributed by atoms with E-state index in [0.717, 1.165) is 5.56 Å². The van der Waals surface area contributed by atoms with Gasteiger partial charge in [-0.1, -0.05) is 6.07 Å². The molecule has 1 aromatic rings. The molecule has 0 aliphatic rings. The molecule has 18 heavy (non-hydrogen) atoms. The first-order valence-electron chi connectivity index (χ1n) is 5.32. The van der Waals surface area contributed by atoms with E-state index in [4.69, 9.17) is 9.47 Å². The number of amides is 1. The predicted octanol–water partition coefficient (Wildman–Crippen LogP) is 2.74. The molecule has 0 spiro atoms. The zero-order valence-electron chi connectivity index (χ0n) is 10.2. The molecular formula is C13H13NO3S. The maximum Gasteiger partial charge on any atom is 0.278 e. The van der Waals surface area contributed by atoms with Gasteiger partial charge in [0.1, 0.15) is 0 Å². The molecule has 0 fully saturated rings. The number of methoxy groups -OCH3 is 1. The summed E-state index contributed by atoms with van der Waals surface area (Å²) >= 11 is 4.34. The van der Waals surface area contributed by atoms with Crippen molar-refractivity contribution in [3.8, 4) is 11.5 Å². The molecule has 1 amide bonds. The molecule has 0 saturated heterocycles. The molecule has 0 saturated carbocycles. The van der Waals surface area contributed by atoms with Gasteiger partial charge >= 0.3 is 0 Å². The SMILES string of the molecule is CCOc1ccc(/C=C/C(=O)N=C=S)cc1OC. The fourth-order valence-electron chi connectivity index (χ4n) is 1.31. The Kier molecular flexibility index (Phi) is 5.77. The molecule has 4 nitrogen and oxygen atoms in total. The molecule has 0 heterocycles. The van der Waals surface area contributed by atoms with E-state index in [1.165, 1.54) is 6.08 Å². The molecule has 1 aromatic carbocycles. The fourth-order valence-corrected chi connectivity index (χ4v) is 1.40. The number of benzene rings is 1. The van der Waals surface area contributed by atoms with Crippen LogP contribution in [0.15, 0.2) is 29.3 Å². The van der Waals surface area contributed by atoms with Gasteiger partial charge in [-0.05, 0) is 42.9 Å². The minimum Gasteiger partial charge on any atom is -0.493 e. The summed E-state index contributed by atoms with van der Waals surface area (Å²) in [6, 6.07) is 5.38. The number of thiocarbonyl (C=S) groups is 1. The van der Waals surface area contributed by atoms with Gasteiger partial charge in [-0.2, -0.15) is 4.99 Å². The minimum atomic E-state index is -0.446. The fraction of sp³-hybridized carbons (Fsp3) is 0.231. The second kappa shape index (κ2) is 7.37. The maximum atomic E-state index is 11.1. The van der Waals surface area contributed by atoms with Crippen LogP contribution in [0.25, 0.3) is 6.08 Å². The highest BCUT2D eigenvalue weighted by Crippen LogP contribution is 2.28. The van der Waals surface area contributed by atoms with E-state index in [9.17, 15) is 4.79 Å². The zero-order chi connectivity index (χ0) is 13.4. The lowest BCUT2D eigenvalue weighted by atomic mass is 10.2. The summed E-state index contributed by atoms with van der Waals surface area (Å²) in [5, 5.41) is 2.01. The van der Waals surface area contributed by atoms with Crippen molar-refractivity contribution < 1.29 is 14.3 Å². The molecule has 0 aliphatic heterocycles. The van der Waals surface area contributed by atoms with Crippen LogP contribution in [0.3, 0.4) is 0 Å². The second-order valence-electron chi connectivity index (χ2n) is 3.22. The topological polar surface area (TPSA) is 47.9 Å². The van der Waals surface area contributed by atoms with Gasteiger partial charge in [0.15, 0.2) is 11.5 Å². The van der Waals surface area contributed by atoms with Gasteiger partial charge in [0.25, 0.3) is 5.91 Å². The Balaban J connectivity index is 2.91. The van der Waals surface area contributed by atoms with Crippen molar-refractivity contribution >= 4 is 29.4 Å². The molecule has 94 valence electrons. The number of rotatable bonds is 5. The third-order valence-electron chi connectivity index (χ3n) is 2.06. The highest BCUT2D eigenvalue weighted by Gasteiger charge is 2.03. The Morgan fingerprint density at radius 1 is 1.50 bits per heavy atom. The van der Waals surface area contributed by atoms with Crippen LogP contribution < -0.4 is 9.47 Å². The summed E-state index contributed by atoms with van der Waals surface area (Å²) in [5.41, 5.74) is 0.809. The smallest absolute Gasteiger partial charge is 0.278 e. The largest absolute Gasteiger partial charge is 0.493 e. The number of ether oxygens (including phenoxy) is 2. The van der Waals surface area contributed by atoms with Crippen molar-refractivity contribution in [1.29, 1.82) is 0 Å². The first kappa shape index (κ1) is 14.1. The van der Waals surface area contributed by atoms with E-state index in [-0.39, 0.29) is 0 Å². The van der Waals surface area contributed by atoms with Gasteiger partial charge in [0.05, 0.1) is 18.9 Å². The van der Waals surface area contributed by atoms with Crippen LogP contribution in [0.1, 0.15) is 12.5 Å². The highest BCUT2D eigenvalue weighted by molar-refractivity contribution is 7.78. The molecule has 0 N–H and O–H groups in total. The Hall–Kier alpha value is -1.97. The molecule has 0 radical (unpaired) electrons. The third kappa shape index (κ3) is 4.13. The summed E-state index contributed by atoms with van der Waals surface area (Å²) in [6.45, 7) is 2.46. The quantitative estimate of drug-likeness (QED) is 0.465. The van der Waals surface area contributed by atoms with Crippen LogP contribution in [0, 0.1) is 0 Å². The molecule has 0 bridgehead atoms. The zero-order valence-corrected chi connectivity index (χ0v) is 11.0. The molecule has 1 rings (SSSR count). The number of hydrogen-bond acceptors (Lipinski definition) is 4. The Labute approximate surface area is 111 Å². The normalized spacial score (nSPS) is 9.89. The van der Waals surface area contributed by atoms with Crippen LogP contribution in [0.5, 0.6) is 11.5 Å². The van der Waals surface area contributed by atoms with Crippen molar-refractivity contribution in [2.75, 3.05) is 13.7 Å². The lowest BCUT2D eigenvalue weighted by Crippen LogP contribution is -1.95. The highest BCUT2D eigenvalue weighted by atomic mass is 32.1. The first-order chi connectivity index (χ1) is 8.71. The lowest BCUT2D eigenvalue weighted by molar-refractivity contribution is -0.113. The summed E-state index contributed by atoms with van der Waals surface area (Å²) < 4.78 is 10.6. The molecule has 0 unspecified atom stereocenters. The van der Waals surface area contributed by atoms with Crippen molar-refractivity contribution in [2.24, 2.45) is 4.99 Å². The minimum absolute atomic E-state index is 0.446. The number of nitrogens with zero attached hydrogens (tertiary/aromatic N) is 1. The number of isothiocyanates is 1. The maximum absolute atomic E-state index is 11.1. The average molecular weight is 263 g/mol. The van der Waals surface area contributed by atoms with Crippen molar-refractivity contribution in [3.05, 3.63) is 29.8 Å². The Morgan fingerprint density at radius 2 is 2.28 bits per heavy atom. The monoisotopic (exact) mass is 263 g/mol. The second-order valence-corrected chi connectivity index (χ2v) is 3.40. The van der Waals surface area contributed by atoms with Crippen LogP contribution in [0.4, 0.5) is 0 Å². The number of hydrogen-bond donors (Lipinski definition) is 0. The van der Waals surface area contributed by atoms with Gasteiger partial charge in [0, 0.05) is 6.08 Å². The molecule has 0 aromatic heterocycles. The number of carbonyl (C=O) groups excluding carboxylic acids is 1. The van der Waals surface area contributed by atoms with Crippen LogP contribution >= 0.6 is 12.2 Å². The van der Waals surface area contributed by atoms with E-state index in [0.29, 0.717) is 18.1 Å². The molecule has 0 aliphatic carbocycles. The van der Waals surface area contributed by atoms with E-state index in [1.807, 2.05) is 18.2 Å².